The molecule has 2 rings (SSSR count). The molecule has 0 aromatic heterocycles. The first-order valence-electron chi connectivity index (χ1n) is 7.18. The van der Waals surface area contributed by atoms with Gasteiger partial charge in [-0.15, -0.1) is 0 Å². The fraction of sp³-hybridized carbons (Fsp3) is 0.333. The summed E-state index contributed by atoms with van der Waals surface area (Å²) in [5, 5.41) is 0. The number of rotatable bonds is 5. The van der Waals surface area contributed by atoms with Gasteiger partial charge in [-0.3, -0.25) is 0 Å². The third kappa shape index (κ3) is 3.40. The first kappa shape index (κ1) is 14.6. The predicted octanol–water partition coefficient (Wildman–Crippen LogP) is 4.41. The van der Waals surface area contributed by atoms with Gasteiger partial charge in [-0.05, 0) is 49.1 Å². The molecule has 0 heterocycles. The fourth-order valence-electron chi connectivity index (χ4n) is 2.33. The maximum atomic E-state index is 6.15. The third-order valence-electron chi connectivity index (χ3n) is 3.39. The topological polar surface area (TPSA) is 35.2 Å². The Labute approximate surface area is 121 Å². The van der Waals surface area contributed by atoms with E-state index in [0.29, 0.717) is 12.5 Å². The summed E-state index contributed by atoms with van der Waals surface area (Å²) in [5.41, 5.74) is 9.33. The van der Waals surface area contributed by atoms with Crippen molar-refractivity contribution in [3.63, 3.8) is 0 Å². The van der Waals surface area contributed by atoms with Gasteiger partial charge in [0, 0.05) is 0 Å². The molecule has 0 saturated heterocycles. The van der Waals surface area contributed by atoms with Gasteiger partial charge < -0.3 is 10.5 Å². The molecular formula is C18H23NO. The lowest BCUT2D eigenvalue weighted by atomic mass is 10.0. The molecule has 0 aliphatic rings. The van der Waals surface area contributed by atoms with Crippen LogP contribution in [-0.2, 0) is 6.42 Å². The normalized spacial score (nSPS) is 10.8. The van der Waals surface area contributed by atoms with Crippen LogP contribution in [0.15, 0.2) is 42.5 Å². The Bertz CT molecular complexity index is 575. The highest BCUT2D eigenvalue weighted by Gasteiger charge is 2.10. The van der Waals surface area contributed by atoms with Gasteiger partial charge in [0.2, 0.25) is 0 Å². The lowest BCUT2D eigenvalue weighted by Crippen LogP contribution is -2.05. The van der Waals surface area contributed by atoms with Gasteiger partial charge in [0.25, 0.3) is 0 Å². The summed E-state index contributed by atoms with van der Waals surface area (Å²) in [6.07, 6.45) is 0.834. The van der Waals surface area contributed by atoms with Crippen molar-refractivity contribution in [1.29, 1.82) is 0 Å². The summed E-state index contributed by atoms with van der Waals surface area (Å²) in [6.45, 7) is 7.08. The SMILES string of the molecule is Cc1ccc(Oc2ccccc2C(C)C)c(CCN)c1. The zero-order valence-electron chi connectivity index (χ0n) is 12.5. The van der Waals surface area contributed by atoms with Crippen LogP contribution in [0.5, 0.6) is 11.5 Å². The van der Waals surface area contributed by atoms with Crippen molar-refractivity contribution in [2.75, 3.05) is 6.54 Å². The molecule has 2 nitrogen and oxygen atoms in total. The standard InChI is InChI=1S/C18H23NO/c1-13(2)16-6-4-5-7-18(16)20-17-9-8-14(3)12-15(17)10-11-19/h4-9,12-13H,10-11,19H2,1-3H3. The van der Waals surface area contributed by atoms with Gasteiger partial charge >= 0.3 is 0 Å². The van der Waals surface area contributed by atoms with E-state index in [1.54, 1.807) is 0 Å². The minimum Gasteiger partial charge on any atom is -0.457 e. The largest absolute Gasteiger partial charge is 0.457 e. The number of ether oxygens (including phenoxy) is 1. The Morgan fingerprint density at radius 3 is 2.50 bits per heavy atom. The van der Waals surface area contributed by atoms with Crippen LogP contribution in [0, 0.1) is 6.92 Å². The van der Waals surface area contributed by atoms with Crippen molar-refractivity contribution in [3.8, 4) is 11.5 Å². The van der Waals surface area contributed by atoms with E-state index in [9.17, 15) is 0 Å². The minimum absolute atomic E-state index is 0.439. The molecule has 0 radical (unpaired) electrons. The van der Waals surface area contributed by atoms with Crippen LogP contribution in [0.4, 0.5) is 0 Å². The quantitative estimate of drug-likeness (QED) is 0.872. The zero-order chi connectivity index (χ0) is 14.5. The Hall–Kier alpha value is -1.80. The van der Waals surface area contributed by atoms with E-state index < -0.39 is 0 Å². The third-order valence-corrected chi connectivity index (χ3v) is 3.39. The molecule has 0 saturated carbocycles. The molecule has 0 fully saturated rings. The predicted molar refractivity (Wildman–Crippen MR) is 84.5 cm³/mol. The molecule has 0 aliphatic heterocycles. The Morgan fingerprint density at radius 1 is 1.05 bits per heavy atom. The summed E-state index contributed by atoms with van der Waals surface area (Å²) in [5.74, 6) is 2.29. The van der Waals surface area contributed by atoms with E-state index >= 15 is 0 Å². The summed E-state index contributed by atoms with van der Waals surface area (Å²) in [7, 11) is 0. The maximum absolute atomic E-state index is 6.15. The second-order valence-corrected chi connectivity index (χ2v) is 5.44. The van der Waals surface area contributed by atoms with Crippen LogP contribution < -0.4 is 10.5 Å². The van der Waals surface area contributed by atoms with Gasteiger partial charge in [-0.2, -0.15) is 0 Å². The van der Waals surface area contributed by atoms with Crippen molar-refractivity contribution < 1.29 is 4.74 Å². The molecular weight excluding hydrogens is 246 g/mol. The number of para-hydroxylation sites is 1. The van der Waals surface area contributed by atoms with Crippen molar-refractivity contribution in [2.24, 2.45) is 5.73 Å². The smallest absolute Gasteiger partial charge is 0.130 e. The van der Waals surface area contributed by atoms with Crippen molar-refractivity contribution in [2.45, 2.75) is 33.1 Å². The van der Waals surface area contributed by atoms with Gasteiger partial charge in [-0.1, -0.05) is 49.7 Å². The molecule has 20 heavy (non-hydrogen) atoms. The molecule has 0 aliphatic carbocycles. The van der Waals surface area contributed by atoms with Crippen LogP contribution in [0.1, 0.15) is 36.5 Å². The number of hydrogen-bond acceptors (Lipinski definition) is 2. The van der Waals surface area contributed by atoms with Gasteiger partial charge in [0.05, 0.1) is 0 Å². The first-order valence-corrected chi connectivity index (χ1v) is 7.18. The summed E-state index contributed by atoms with van der Waals surface area (Å²) < 4.78 is 6.15. The highest BCUT2D eigenvalue weighted by molar-refractivity contribution is 5.43. The van der Waals surface area contributed by atoms with Crippen LogP contribution in [0.25, 0.3) is 0 Å². The molecule has 2 aromatic carbocycles. The van der Waals surface area contributed by atoms with Crippen molar-refractivity contribution >= 4 is 0 Å². The molecule has 106 valence electrons. The van der Waals surface area contributed by atoms with E-state index in [4.69, 9.17) is 10.5 Å². The Morgan fingerprint density at radius 2 is 1.80 bits per heavy atom. The van der Waals surface area contributed by atoms with Crippen LogP contribution >= 0.6 is 0 Å². The van der Waals surface area contributed by atoms with E-state index in [1.807, 2.05) is 18.2 Å². The molecule has 0 amide bonds. The molecule has 0 atom stereocenters. The minimum atomic E-state index is 0.439. The van der Waals surface area contributed by atoms with E-state index in [1.165, 1.54) is 16.7 Å². The average molecular weight is 269 g/mol. The molecule has 2 aromatic rings. The second-order valence-electron chi connectivity index (χ2n) is 5.44. The highest BCUT2D eigenvalue weighted by atomic mass is 16.5. The Balaban J connectivity index is 2.35. The summed E-state index contributed by atoms with van der Waals surface area (Å²) >= 11 is 0. The average Bonchev–Trinajstić information content (AvgIpc) is 2.42. The van der Waals surface area contributed by atoms with Crippen LogP contribution in [-0.4, -0.2) is 6.54 Å². The maximum Gasteiger partial charge on any atom is 0.130 e. The molecule has 0 spiro atoms. The zero-order valence-corrected chi connectivity index (χ0v) is 12.5. The van der Waals surface area contributed by atoms with Gasteiger partial charge in [0.15, 0.2) is 0 Å². The lowest BCUT2D eigenvalue weighted by molar-refractivity contribution is 0.467. The molecule has 2 heteroatoms. The lowest BCUT2D eigenvalue weighted by Gasteiger charge is -2.16. The van der Waals surface area contributed by atoms with Crippen molar-refractivity contribution in [3.05, 3.63) is 59.2 Å². The van der Waals surface area contributed by atoms with Crippen molar-refractivity contribution in [1.82, 2.24) is 0 Å². The molecule has 2 N–H and O–H groups in total. The van der Waals surface area contributed by atoms with Gasteiger partial charge in [-0.25, -0.2) is 0 Å². The van der Waals surface area contributed by atoms with E-state index in [2.05, 4.69) is 45.0 Å². The highest BCUT2D eigenvalue weighted by Crippen LogP contribution is 2.32. The number of aryl methyl sites for hydroxylation is 1. The molecule has 0 bridgehead atoms. The van der Waals surface area contributed by atoms with Crippen LogP contribution in [0.3, 0.4) is 0 Å². The summed E-state index contributed by atoms with van der Waals surface area (Å²) in [6, 6.07) is 14.5. The number of hydrogen-bond donors (Lipinski definition) is 1. The second kappa shape index (κ2) is 6.58. The monoisotopic (exact) mass is 269 g/mol. The summed E-state index contributed by atoms with van der Waals surface area (Å²) in [4.78, 5) is 0. The van der Waals surface area contributed by atoms with Crippen LogP contribution in [0.2, 0.25) is 0 Å². The van der Waals surface area contributed by atoms with Gasteiger partial charge in [0.1, 0.15) is 11.5 Å². The van der Waals surface area contributed by atoms with E-state index in [-0.39, 0.29) is 0 Å². The van der Waals surface area contributed by atoms with E-state index in [0.717, 1.165) is 17.9 Å². The Kier molecular flexibility index (Phi) is 4.80. The first-order chi connectivity index (χ1) is 9.61. The fourth-order valence-corrected chi connectivity index (χ4v) is 2.33. The number of benzene rings is 2. The number of nitrogens with two attached hydrogens (primary N) is 1. The molecule has 0 unspecified atom stereocenters.